The number of benzene rings is 1. The van der Waals surface area contributed by atoms with E-state index in [1.54, 1.807) is 12.1 Å². The van der Waals surface area contributed by atoms with Gasteiger partial charge in [-0.15, -0.1) is 0 Å². The number of ether oxygens (including phenoxy) is 1. The second kappa shape index (κ2) is 7.36. The fourth-order valence-corrected chi connectivity index (χ4v) is 4.22. The molecule has 156 valence electrons. The van der Waals surface area contributed by atoms with E-state index < -0.39 is 35.4 Å². The molecule has 2 heterocycles. The van der Waals surface area contributed by atoms with Gasteiger partial charge in [0.15, 0.2) is 0 Å². The number of fused-ring (bicyclic) bond motifs is 1. The van der Waals surface area contributed by atoms with E-state index in [9.17, 15) is 22.8 Å². The van der Waals surface area contributed by atoms with Gasteiger partial charge in [-0.05, 0) is 30.0 Å². The number of piperidine rings is 1. The van der Waals surface area contributed by atoms with Crippen molar-refractivity contribution < 1.29 is 32.6 Å². The van der Waals surface area contributed by atoms with E-state index in [0.717, 1.165) is 0 Å². The highest BCUT2D eigenvalue weighted by atomic mass is 32.1. The Labute approximate surface area is 169 Å². The maximum Gasteiger partial charge on any atom is 0.414 e. The molecule has 2 N–H and O–H groups in total. The molecule has 0 aromatic heterocycles. The first-order chi connectivity index (χ1) is 13.8. The van der Waals surface area contributed by atoms with Gasteiger partial charge < -0.3 is 20.1 Å². The molecule has 1 aromatic rings. The first-order valence-electron chi connectivity index (χ1n) is 9.07. The molecule has 11 heteroatoms. The van der Waals surface area contributed by atoms with Crippen LogP contribution in [0.2, 0.25) is 0 Å². The van der Waals surface area contributed by atoms with Gasteiger partial charge >= 0.3 is 12.1 Å². The Morgan fingerprint density at radius 2 is 2.00 bits per heavy atom. The van der Waals surface area contributed by atoms with Crippen LogP contribution in [0.1, 0.15) is 0 Å². The number of carboxylic acid groups (broad SMARTS) is 1. The molecule has 0 radical (unpaired) electrons. The van der Waals surface area contributed by atoms with E-state index in [1.165, 1.54) is 11.0 Å². The number of rotatable bonds is 6. The van der Waals surface area contributed by atoms with Gasteiger partial charge in [0.05, 0.1) is 30.4 Å². The maximum atomic E-state index is 14.7. The third-order valence-electron chi connectivity index (χ3n) is 5.64. The van der Waals surface area contributed by atoms with Crippen LogP contribution in [0.3, 0.4) is 0 Å². The molecule has 1 saturated carbocycles. The van der Waals surface area contributed by atoms with Crippen molar-refractivity contribution in [2.75, 3.05) is 36.0 Å². The van der Waals surface area contributed by atoms with E-state index in [1.807, 2.05) is 4.90 Å². The molecule has 1 unspecified atom stereocenters. The Morgan fingerprint density at radius 3 is 2.59 bits per heavy atom. The van der Waals surface area contributed by atoms with E-state index in [0.29, 0.717) is 24.5 Å². The number of amides is 1. The SMILES string of the molecule is O=C(O)C1[C@H]2CN(c3ccc(N4C[C@H](CNC(=S)C(F)F)OC4=O)cc3F)C[C@@H]12. The molecule has 1 aliphatic carbocycles. The number of halogens is 3. The molecule has 2 saturated heterocycles. The lowest BCUT2D eigenvalue weighted by atomic mass is 10.2. The molecular weight excluding hydrogens is 411 g/mol. The van der Waals surface area contributed by atoms with Crippen LogP contribution in [-0.2, 0) is 9.53 Å². The van der Waals surface area contributed by atoms with Crippen LogP contribution >= 0.6 is 12.2 Å². The number of cyclic esters (lactones) is 1. The van der Waals surface area contributed by atoms with E-state index in [2.05, 4.69) is 17.5 Å². The predicted molar refractivity (Wildman–Crippen MR) is 101 cm³/mol. The van der Waals surface area contributed by atoms with Gasteiger partial charge in [-0.25, -0.2) is 18.0 Å². The molecule has 2 aliphatic heterocycles. The number of thiocarbonyl (C=S) groups is 1. The molecule has 1 amide bonds. The number of nitrogens with zero attached hydrogens (tertiary/aromatic N) is 2. The van der Waals surface area contributed by atoms with E-state index in [-0.39, 0.29) is 30.8 Å². The average molecular weight is 429 g/mol. The Hall–Kier alpha value is -2.56. The monoisotopic (exact) mass is 429 g/mol. The summed E-state index contributed by atoms with van der Waals surface area (Å²) in [4.78, 5) is 25.6. The minimum absolute atomic E-state index is 0.0488. The fourth-order valence-electron chi connectivity index (χ4n) is 4.14. The zero-order valence-corrected chi connectivity index (χ0v) is 15.9. The summed E-state index contributed by atoms with van der Waals surface area (Å²) < 4.78 is 44.6. The third kappa shape index (κ3) is 3.70. The molecule has 4 atom stereocenters. The molecule has 4 rings (SSSR count). The first kappa shape index (κ1) is 19.7. The van der Waals surface area contributed by atoms with Gasteiger partial charge in [-0.2, -0.15) is 0 Å². The molecule has 7 nitrogen and oxygen atoms in total. The normalized spacial score (nSPS) is 27.8. The van der Waals surface area contributed by atoms with Crippen molar-refractivity contribution in [3.05, 3.63) is 24.0 Å². The second-order valence-corrected chi connectivity index (χ2v) is 7.83. The minimum atomic E-state index is -2.79. The summed E-state index contributed by atoms with van der Waals surface area (Å²) >= 11 is 4.48. The summed E-state index contributed by atoms with van der Waals surface area (Å²) in [6.45, 7) is 0.987. The molecule has 0 spiro atoms. The standard InChI is InChI=1S/C18H18F3N3O4S/c19-12-3-8(24-5-9(28-18(24)27)4-22-16(29)15(20)21)1-2-13(12)23-6-10-11(7-23)14(10)17(25)26/h1-3,9-11,14-15H,4-7H2,(H,22,29)(H,25,26)/t9-,10-,11+,14?/m0/s1. The highest BCUT2D eigenvalue weighted by Crippen LogP contribution is 2.52. The smallest absolute Gasteiger partial charge is 0.414 e. The lowest BCUT2D eigenvalue weighted by Gasteiger charge is -2.23. The first-order valence-corrected chi connectivity index (χ1v) is 9.48. The molecule has 3 fully saturated rings. The Kier molecular flexibility index (Phi) is 5.01. The predicted octanol–water partition coefficient (Wildman–Crippen LogP) is 2.10. The summed E-state index contributed by atoms with van der Waals surface area (Å²) in [6, 6.07) is 4.35. The van der Waals surface area contributed by atoms with Crippen molar-refractivity contribution >= 4 is 40.6 Å². The lowest BCUT2D eigenvalue weighted by molar-refractivity contribution is -0.139. The van der Waals surface area contributed by atoms with E-state index in [4.69, 9.17) is 9.84 Å². The minimum Gasteiger partial charge on any atom is -0.481 e. The van der Waals surface area contributed by atoms with Crippen molar-refractivity contribution in [1.29, 1.82) is 0 Å². The van der Waals surface area contributed by atoms with Gasteiger partial charge in [0.25, 0.3) is 6.43 Å². The topological polar surface area (TPSA) is 82.1 Å². The van der Waals surface area contributed by atoms with Gasteiger partial charge in [0.1, 0.15) is 16.9 Å². The summed E-state index contributed by atoms with van der Waals surface area (Å²) in [6.07, 6.45) is -4.18. The molecular formula is C18H18F3N3O4S. The quantitative estimate of drug-likeness (QED) is 0.671. The van der Waals surface area contributed by atoms with Crippen LogP contribution in [0.25, 0.3) is 0 Å². The second-order valence-electron chi connectivity index (χ2n) is 7.39. The lowest BCUT2D eigenvalue weighted by Crippen LogP contribution is -2.36. The van der Waals surface area contributed by atoms with Gasteiger partial charge in [-0.1, -0.05) is 12.2 Å². The number of carbonyl (C=O) groups excluding carboxylic acids is 1. The van der Waals surface area contributed by atoms with Gasteiger partial charge in [0, 0.05) is 13.1 Å². The third-order valence-corrected chi connectivity index (χ3v) is 5.96. The van der Waals surface area contributed by atoms with Crippen LogP contribution in [0, 0.1) is 23.6 Å². The van der Waals surface area contributed by atoms with Crippen molar-refractivity contribution in [3.8, 4) is 0 Å². The molecule has 0 bridgehead atoms. The van der Waals surface area contributed by atoms with Crippen molar-refractivity contribution in [1.82, 2.24) is 5.32 Å². The Morgan fingerprint density at radius 1 is 1.31 bits per heavy atom. The Balaban J connectivity index is 1.38. The van der Waals surface area contributed by atoms with Crippen LogP contribution in [-0.4, -0.2) is 60.9 Å². The number of carbonyl (C=O) groups is 2. The van der Waals surface area contributed by atoms with E-state index >= 15 is 0 Å². The average Bonchev–Trinajstić information content (AvgIpc) is 2.97. The van der Waals surface area contributed by atoms with Crippen LogP contribution in [0.4, 0.5) is 29.3 Å². The highest BCUT2D eigenvalue weighted by molar-refractivity contribution is 7.80. The number of carboxylic acids is 1. The maximum absolute atomic E-state index is 14.7. The number of hydrogen-bond acceptors (Lipinski definition) is 5. The number of hydrogen-bond donors (Lipinski definition) is 2. The van der Waals surface area contributed by atoms with Gasteiger partial charge in [0.2, 0.25) is 0 Å². The number of nitrogens with one attached hydrogen (secondary N) is 1. The van der Waals surface area contributed by atoms with Crippen molar-refractivity contribution in [2.24, 2.45) is 17.8 Å². The van der Waals surface area contributed by atoms with Gasteiger partial charge in [-0.3, -0.25) is 9.69 Å². The number of alkyl halides is 2. The van der Waals surface area contributed by atoms with Crippen LogP contribution < -0.4 is 15.1 Å². The molecule has 29 heavy (non-hydrogen) atoms. The summed E-state index contributed by atoms with van der Waals surface area (Å²) in [7, 11) is 0. The summed E-state index contributed by atoms with van der Waals surface area (Å²) in [5, 5.41) is 11.4. The molecule has 3 aliphatic rings. The number of anilines is 2. The Bertz CT molecular complexity index is 859. The van der Waals surface area contributed by atoms with Crippen molar-refractivity contribution in [3.63, 3.8) is 0 Å². The van der Waals surface area contributed by atoms with Crippen LogP contribution in [0.15, 0.2) is 18.2 Å². The summed E-state index contributed by atoms with van der Waals surface area (Å²) in [5.74, 6) is -1.57. The largest absolute Gasteiger partial charge is 0.481 e. The zero-order chi connectivity index (χ0) is 20.9. The van der Waals surface area contributed by atoms with Crippen molar-refractivity contribution in [2.45, 2.75) is 12.5 Å². The fraction of sp³-hybridized carbons (Fsp3) is 0.500. The highest BCUT2D eigenvalue weighted by Gasteiger charge is 2.60. The molecule has 1 aromatic carbocycles. The van der Waals surface area contributed by atoms with Crippen LogP contribution in [0.5, 0.6) is 0 Å². The summed E-state index contributed by atoms with van der Waals surface area (Å²) in [5.41, 5.74) is 0.654. The zero-order valence-electron chi connectivity index (χ0n) is 15.1. The number of aliphatic carboxylic acids is 1.